The highest BCUT2D eigenvalue weighted by molar-refractivity contribution is 7.77. The molecule has 8 nitrogen and oxygen atoms in total. The fourth-order valence-electron chi connectivity index (χ4n) is 3.38. The lowest BCUT2D eigenvalue weighted by Gasteiger charge is -2.36. The van der Waals surface area contributed by atoms with E-state index in [0.29, 0.717) is 37.3 Å². The molecule has 27 heavy (non-hydrogen) atoms. The minimum absolute atomic E-state index is 0.166. The molecule has 1 saturated heterocycles. The van der Waals surface area contributed by atoms with Crippen LogP contribution in [0.1, 0.15) is 34.5 Å². The number of benzene rings is 1. The summed E-state index contributed by atoms with van der Waals surface area (Å²) in [5, 5.41) is 4.08. The van der Waals surface area contributed by atoms with Crippen molar-refractivity contribution < 1.29 is 22.7 Å². The molecule has 3 N–H and O–H groups in total. The van der Waals surface area contributed by atoms with Crippen LogP contribution in [0.5, 0.6) is 0 Å². The maximum atomic E-state index is 14.5. The van der Waals surface area contributed by atoms with Gasteiger partial charge in [-0.25, -0.2) is 13.8 Å². The van der Waals surface area contributed by atoms with Crippen LogP contribution >= 0.6 is 0 Å². The van der Waals surface area contributed by atoms with Crippen LogP contribution in [-0.2, 0) is 28.0 Å². The summed E-state index contributed by atoms with van der Waals surface area (Å²) >= 11 is -2.49. The van der Waals surface area contributed by atoms with Gasteiger partial charge in [-0.1, -0.05) is 12.1 Å². The van der Waals surface area contributed by atoms with E-state index in [1.807, 2.05) is 0 Å². The van der Waals surface area contributed by atoms with E-state index < -0.39 is 22.5 Å². The SMILES string of the molecule is Cc1cc(N)nn1C(=O)C1(c2ccc(CNS(=O)[O-])c(F)c2)CCOCC1. The zero-order chi connectivity index (χ0) is 19.6. The number of nitrogens with one attached hydrogen (secondary N) is 1. The minimum Gasteiger partial charge on any atom is -0.760 e. The second-order valence-electron chi connectivity index (χ2n) is 6.48. The van der Waals surface area contributed by atoms with Gasteiger partial charge in [0.15, 0.2) is 0 Å². The molecule has 0 aliphatic carbocycles. The maximum Gasteiger partial charge on any atom is 0.257 e. The van der Waals surface area contributed by atoms with Gasteiger partial charge < -0.3 is 15.0 Å². The van der Waals surface area contributed by atoms with Crippen molar-refractivity contribution >= 4 is 23.0 Å². The van der Waals surface area contributed by atoms with Gasteiger partial charge in [0.1, 0.15) is 11.6 Å². The molecule has 0 spiro atoms. The summed E-state index contributed by atoms with van der Waals surface area (Å²) in [6.45, 7) is 2.29. The molecule has 1 aromatic carbocycles. The van der Waals surface area contributed by atoms with E-state index in [9.17, 15) is 17.9 Å². The van der Waals surface area contributed by atoms with Crippen molar-refractivity contribution in [2.24, 2.45) is 0 Å². The third kappa shape index (κ3) is 3.93. The molecule has 1 unspecified atom stereocenters. The zero-order valence-electron chi connectivity index (χ0n) is 14.7. The van der Waals surface area contributed by atoms with E-state index in [1.165, 1.54) is 16.8 Å². The second-order valence-corrected chi connectivity index (χ2v) is 7.24. The van der Waals surface area contributed by atoms with E-state index in [4.69, 9.17) is 10.5 Å². The normalized spacial score (nSPS) is 17.6. The smallest absolute Gasteiger partial charge is 0.257 e. The Morgan fingerprint density at radius 2 is 2.15 bits per heavy atom. The van der Waals surface area contributed by atoms with Gasteiger partial charge in [0.05, 0.1) is 5.41 Å². The van der Waals surface area contributed by atoms with Crippen molar-refractivity contribution in [1.82, 2.24) is 14.5 Å². The highest BCUT2D eigenvalue weighted by atomic mass is 32.2. The van der Waals surface area contributed by atoms with Gasteiger partial charge in [0.2, 0.25) is 0 Å². The van der Waals surface area contributed by atoms with Crippen molar-refractivity contribution in [3.05, 3.63) is 46.9 Å². The fraction of sp³-hybridized carbons (Fsp3) is 0.412. The van der Waals surface area contributed by atoms with E-state index in [-0.39, 0.29) is 23.8 Å². The fourth-order valence-corrected chi connectivity index (χ4v) is 3.65. The lowest BCUT2D eigenvalue weighted by molar-refractivity contribution is 0.0353. The molecule has 0 radical (unpaired) electrons. The van der Waals surface area contributed by atoms with Crippen LogP contribution in [0.25, 0.3) is 0 Å². The maximum absolute atomic E-state index is 14.5. The Labute approximate surface area is 158 Å². The largest absolute Gasteiger partial charge is 0.760 e. The molecule has 146 valence electrons. The standard InChI is InChI=1S/C17H21FN4O4S/c1-11-8-15(19)21-22(11)16(23)17(4-6-26-7-5-17)13-3-2-12(14(18)9-13)10-20-27(24)25/h2-3,8-9,20H,4-7,10H2,1H3,(H2,19,21)(H,24,25)/p-1. The number of nitrogens with zero attached hydrogens (tertiary/aromatic N) is 2. The van der Waals surface area contributed by atoms with Gasteiger partial charge in [-0.05, 0) is 31.4 Å². The van der Waals surface area contributed by atoms with E-state index >= 15 is 0 Å². The highest BCUT2D eigenvalue weighted by Gasteiger charge is 2.43. The van der Waals surface area contributed by atoms with Gasteiger partial charge in [-0.3, -0.25) is 9.00 Å². The number of anilines is 1. The minimum atomic E-state index is -2.49. The Balaban J connectivity index is 2.00. The summed E-state index contributed by atoms with van der Waals surface area (Å²) in [7, 11) is 0. The van der Waals surface area contributed by atoms with Gasteiger partial charge in [0, 0.05) is 48.3 Å². The number of carbonyl (C=O) groups excluding carboxylic acids is 1. The van der Waals surface area contributed by atoms with Crippen LogP contribution in [0.15, 0.2) is 24.3 Å². The molecule has 10 heteroatoms. The number of halogens is 1. The number of aromatic nitrogens is 2. The van der Waals surface area contributed by atoms with Crippen molar-refractivity contribution in [1.29, 1.82) is 0 Å². The van der Waals surface area contributed by atoms with Gasteiger partial charge >= 0.3 is 0 Å². The Morgan fingerprint density at radius 3 is 2.70 bits per heavy atom. The molecule has 2 heterocycles. The predicted molar refractivity (Wildman–Crippen MR) is 95.9 cm³/mol. The predicted octanol–water partition coefficient (Wildman–Crippen LogP) is 1.19. The Hall–Kier alpha value is -2.14. The molecule has 1 aromatic heterocycles. The van der Waals surface area contributed by atoms with Crippen LogP contribution in [0.2, 0.25) is 0 Å². The van der Waals surface area contributed by atoms with Crippen LogP contribution in [-0.4, -0.2) is 37.7 Å². The molecular weight excluding hydrogens is 375 g/mol. The first-order valence-electron chi connectivity index (χ1n) is 8.40. The zero-order valence-corrected chi connectivity index (χ0v) is 15.6. The van der Waals surface area contributed by atoms with E-state index in [0.717, 1.165) is 0 Å². The highest BCUT2D eigenvalue weighted by Crippen LogP contribution is 2.37. The summed E-state index contributed by atoms with van der Waals surface area (Å²) in [4.78, 5) is 13.3. The first-order valence-corrected chi connectivity index (χ1v) is 9.47. The van der Waals surface area contributed by atoms with Crippen LogP contribution in [0.4, 0.5) is 10.2 Å². The quantitative estimate of drug-likeness (QED) is 0.733. The summed E-state index contributed by atoms with van der Waals surface area (Å²) in [5.74, 6) is -0.631. The van der Waals surface area contributed by atoms with Crippen LogP contribution in [0, 0.1) is 12.7 Å². The Morgan fingerprint density at radius 1 is 1.44 bits per heavy atom. The molecule has 0 saturated carbocycles. The number of nitrogen functional groups attached to an aromatic ring is 1. The lowest BCUT2D eigenvalue weighted by atomic mass is 9.73. The molecule has 3 rings (SSSR count). The Kier molecular flexibility index (Phi) is 5.70. The summed E-state index contributed by atoms with van der Waals surface area (Å²) in [6, 6.07) is 6.03. The first kappa shape index (κ1) is 19.6. The number of rotatable bonds is 5. The van der Waals surface area contributed by atoms with E-state index in [1.54, 1.807) is 19.1 Å². The average Bonchev–Trinajstić information content (AvgIpc) is 2.98. The first-order chi connectivity index (χ1) is 12.8. The second kappa shape index (κ2) is 7.85. The van der Waals surface area contributed by atoms with E-state index in [2.05, 4.69) is 9.82 Å². The number of carbonyl (C=O) groups is 1. The van der Waals surface area contributed by atoms with Gasteiger partial charge in [-0.2, -0.15) is 0 Å². The van der Waals surface area contributed by atoms with Crippen molar-refractivity contribution in [3.63, 3.8) is 0 Å². The molecule has 1 aliphatic rings. The molecule has 0 bridgehead atoms. The molecule has 2 aromatic rings. The topological polar surface area (TPSA) is 122 Å². The van der Waals surface area contributed by atoms with Crippen molar-refractivity contribution in [3.8, 4) is 0 Å². The monoisotopic (exact) mass is 395 g/mol. The number of nitrogens with two attached hydrogens (primary N) is 1. The molecule has 1 atom stereocenters. The third-order valence-corrected chi connectivity index (χ3v) is 5.22. The molecular formula is C17H20FN4O4S-. The summed E-state index contributed by atoms with van der Waals surface area (Å²) < 4.78 is 44.6. The Bertz CT molecular complexity index is 880. The van der Waals surface area contributed by atoms with Crippen LogP contribution < -0.4 is 10.5 Å². The summed E-state index contributed by atoms with van der Waals surface area (Å²) in [5.41, 5.74) is 6.01. The van der Waals surface area contributed by atoms with Gasteiger partial charge in [-0.15, -0.1) is 5.10 Å². The van der Waals surface area contributed by atoms with Gasteiger partial charge in [0.25, 0.3) is 5.91 Å². The van der Waals surface area contributed by atoms with Crippen LogP contribution in [0.3, 0.4) is 0 Å². The molecule has 0 amide bonds. The molecule has 1 fully saturated rings. The van der Waals surface area contributed by atoms with Crippen molar-refractivity contribution in [2.45, 2.75) is 31.7 Å². The average molecular weight is 395 g/mol. The number of ether oxygens (including phenoxy) is 1. The number of hydrogen-bond acceptors (Lipinski definition) is 6. The van der Waals surface area contributed by atoms with Crippen molar-refractivity contribution in [2.75, 3.05) is 18.9 Å². The summed E-state index contributed by atoms with van der Waals surface area (Å²) in [6.07, 6.45) is 0.763. The molecule has 1 aliphatic heterocycles. The number of aryl methyl sites for hydroxylation is 1. The third-order valence-electron chi connectivity index (χ3n) is 4.84. The lowest BCUT2D eigenvalue weighted by Crippen LogP contribution is -2.45. The number of hydrogen-bond donors (Lipinski definition) is 2.